The largest absolute Gasteiger partial charge is 0.381 e. The summed E-state index contributed by atoms with van der Waals surface area (Å²) >= 11 is 3.30. The lowest BCUT2D eigenvalue weighted by Crippen LogP contribution is -2.45. The van der Waals surface area contributed by atoms with Gasteiger partial charge >= 0.3 is 0 Å². The molecule has 0 saturated heterocycles. The lowest BCUT2D eigenvalue weighted by atomic mass is 9.68. The number of nitrogens with one attached hydrogen (secondary N) is 1. The normalized spacial score (nSPS) is 34.5. The van der Waals surface area contributed by atoms with Gasteiger partial charge in [0, 0.05) is 11.7 Å². The molecule has 0 spiro atoms. The van der Waals surface area contributed by atoms with Crippen LogP contribution in [0, 0.1) is 29.5 Å². The lowest BCUT2D eigenvalue weighted by Gasteiger charge is -2.44. The van der Waals surface area contributed by atoms with Crippen LogP contribution in [0.2, 0.25) is 0 Å². The highest BCUT2D eigenvalue weighted by atomic mass is 79.9. The van der Waals surface area contributed by atoms with E-state index in [1.54, 1.807) is 6.07 Å². The molecule has 0 aliphatic heterocycles. The van der Waals surface area contributed by atoms with E-state index in [0.717, 1.165) is 17.2 Å². The van der Waals surface area contributed by atoms with Crippen molar-refractivity contribution in [3.63, 3.8) is 0 Å². The van der Waals surface area contributed by atoms with Gasteiger partial charge in [0.1, 0.15) is 5.82 Å². The third kappa shape index (κ3) is 2.01. The molecule has 20 heavy (non-hydrogen) atoms. The average Bonchev–Trinajstić information content (AvgIpc) is 2.82. The van der Waals surface area contributed by atoms with Crippen LogP contribution in [0.3, 0.4) is 0 Å². The highest BCUT2D eigenvalue weighted by Crippen LogP contribution is 2.63. The van der Waals surface area contributed by atoms with Crippen LogP contribution in [0.5, 0.6) is 0 Å². The summed E-state index contributed by atoms with van der Waals surface area (Å²) in [6, 6.07) is 3.95. The number of aryl methyl sites for hydroxylation is 1. The number of fused-ring (bicyclic) bond motifs is 2. The zero-order valence-corrected chi connectivity index (χ0v) is 14.3. The minimum Gasteiger partial charge on any atom is -0.381 e. The van der Waals surface area contributed by atoms with E-state index in [9.17, 15) is 4.39 Å². The van der Waals surface area contributed by atoms with E-state index in [1.165, 1.54) is 19.3 Å². The fraction of sp³-hybridized carbons (Fsp3) is 0.647. The molecule has 1 unspecified atom stereocenters. The molecule has 2 saturated carbocycles. The van der Waals surface area contributed by atoms with Gasteiger partial charge in [-0.1, -0.05) is 20.8 Å². The Kier molecular flexibility index (Phi) is 3.20. The van der Waals surface area contributed by atoms with Crippen molar-refractivity contribution in [3.8, 4) is 0 Å². The Morgan fingerprint density at radius 3 is 2.60 bits per heavy atom. The smallest absolute Gasteiger partial charge is 0.137 e. The summed E-state index contributed by atoms with van der Waals surface area (Å²) in [4.78, 5) is 0. The average molecular weight is 340 g/mol. The van der Waals surface area contributed by atoms with E-state index in [-0.39, 0.29) is 5.82 Å². The van der Waals surface area contributed by atoms with Crippen LogP contribution in [0.15, 0.2) is 16.6 Å². The Labute approximate surface area is 129 Å². The van der Waals surface area contributed by atoms with Gasteiger partial charge in [-0.25, -0.2) is 4.39 Å². The fourth-order valence-corrected chi connectivity index (χ4v) is 4.96. The molecule has 3 atom stereocenters. The molecule has 0 aromatic heterocycles. The van der Waals surface area contributed by atoms with Gasteiger partial charge in [-0.05, 0) is 76.6 Å². The van der Waals surface area contributed by atoms with Crippen molar-refractivity contribution in [1.29, 1.82) is 0 Å². The second-order valence-electron chi connectivity index (χ2n) is 7.57. The summed E-state index contributed by atoms with van der Waals surface area (Å²) in [6.07, 6.45) is 3.98. The van der Waals surface area contributed by atoms with Gasteiger partial charge in [-0.3, -0.25) is 0 Å². The van der Waals surface area contributed by atoms with Crippen LogP contribution < -0.4 is 5.32 Å². The quantitative estimate of drug-likeness (QED) is 0.747. The van der Waals surface area contributed by atoms with Gasteiger partial charge in [-0.2, -0.15) is 0 Å². The van der Waals surface area contributed by atoms with E-state index in [4.69, 9.17) is 0 Å². The number of hydrogen-bond donors (Lipinski definition) is 1. The zero-order valence-electron chi connectivity index (χ0n) is 12.7. The Bertz CT molecular complexity index is 549. The van der Waals surface area contributed by atoms with Gasteiger partial charge in [-0.15, -0.1) is 0 Å². The molecular formula is C17H23BrFN. The van der Waals surface area contributed by atoms with Gasteiger partial charge in [0.05, 0.1) is 4.47 Å². The number of hydrogen-bond acceptors (Lipinski definition) is 1. The minimum absolute atomic E-state index is 0.188. The molecule has 2 aliphatic carbocycles. The maximum Gasteiger partial charge on any atom is 0.137 e. The standard InChI is InChI=1S/C17H23BrFN/c1-10-7-13(19)12(18)8-14(10)20-15-16(2,3)11-5-6-17(15,4)9-11/h7-8,11,15,20H,5-6,9H2,1-4H3/t11-,15?,17+/m0/s1. The summed E-state index contributed by atoms with van der Waals surface area (Å²) in [5.41, 5.74) is 2.72. The third-order valence-electron chi connectivity index (χ3n) is 5.84. The Morgan fingerprint density at radius 1 is 1.30 bits per heavy atom. The molecule has 0 radical (unpaired) electrons. The van der Waals surface area contributed by atoms with E-state index in [1.807, 2.05) is 13.0 Å². The molecule has 1 aromatic rings. The minimum atomic E-state index is -0.188. The van der Waals surface area contributed by atoms with Gasteiger partial charge < -0.3 is 5.32 Å². The summed E-state index contributed by atoms with van der Waals surface area (Å²) in [7, 11) is 0. The van der Waals surface area contributed by atoms with Crippen molar-refractivity contribution in [2.45, 2.75) is 53.0 Å². The molecular weight excluding hydrogens is 317 g/mol. The summed E-state index contributed by atoms with van der Waals surface area (Å²) < 4.78 is 14.1. The van der Waals surface area contributed by atoms with Crippen LogP contribution in [-0.4, -0.2) is 6.04 Å². The maximum absolute atomic E-state index is 13.6. The molecule has 110 valence electrons. The molecule has 1 N–H and O–H groups in total. The van der Waals surface area contributed by atoms with Crippen molar-refractivity contribution in [1.82, 2.24) is 0 Å². The highest BCUT2D eigenvalue weighted by molar-refractivity contribution is 9.10. The zero-order chi connectivity index (χ0) is 14.7. The number of rotatable bonds is 2. The van der Waals surface area contributed by atoms with Crippen LogP contribution in [0.25, 0.3) is 0 Å². The molecule has 2 fully saturated rings. The van der Waals surface area contributed by atoms with Crippen molar-refractivity contribution < 1.29 is 4.39 Å². The van der Waals surface area contributed by atoms with E-state index in [0.29, 0.717) is 21.3 Å². The molecule has 0 amide bonds. The number of anilines is 1. The number of benzene rings is 1. The molecule has 2 aliphatic rings. The lowest BCUT2D eigenvalue weighted by molar-refractivity contribution is 0.155. The summed E-state index contributed by atoms with van der Waals surface area (Å²) in [6.45, 7) is 9.15. The fourth-order valence-electron chi connectivity index (χ4n) is 4.62. The van der Waals surface area contributed by atoms with E-state index < -0.39 is 0 Å². The first-order chi connectivity index (χ1) is 9.24. The predicted octanol–water partition coefficient (Wildman–Crippen LogP) is 5.52. The van der Waals surface area contributed by atoms with Crippen molar-refractivity contribution >= 4 is 21.6 Å². The van der Waals surface area contributed by atoms with Crippen LogP contribution in [-0.2, 0) is 0 Å². The third-order valence-corrected chi connectivity index (χ3v) is 6.44. The topological polar surface area (TPSA) is 12.0 Å². The Hall–Kier alpha value is -0.570. The second kappa shape index (κ2) is 4.46. The first kappa shape index (κ1) is 14.4. The summed E-state index contributed by atoms with van der Waals surface area (Å²) in [5, 5.41) is 3.74. The predicted molar refractivity (Wildman–Crippen MR) is 85.5 cm³/mol. The van der Waals surface area contributed by atoms with Crippen molar-refractivity contribution in [2.24, 2.45) is 16.7 Å². The molecule has 0 heterocycles. The highest BCUT2D eigenvalue weighted by Gasteiger charge is 2.59. The maximum atomic E-state index is 13.6. The van der Waals surface area contributed by atoms with Crippen LogP contribution in [0.1, 0.15) is 45.6 Å². The number of halogens is 2. The molecule has 3 rings (SSSR count). The molecule has 1 aromatic carbocycles. The Balaban J connectivity index is 1.93. The first-order valence-corrected chi connectivity index (χ1v) is 8.25. The molecule has 1 nitrogen and oxygen atoms in total. The van der Waals surface area contributed by atoms with Crippen molar-refractivity contribution in [3.05, 3.63) is 28.0 Å². The molecule has 2 bridgehead atoms. The van der Waals surface area contributed by atoms with Gasteiger partial charge in [0.15, 0.2) is 0 Å². The van der Waals surface area contributed by atoms with Crippen LogP contribution in [0.4, 0.5) is 10.1 Å². The SMILES string of the molecule is Cc1cc(F)c(Br)cc1NC1C(C)(C)[C@H]2CC[C@]1(C)C2. The van der Waals surface area contributed by atoms with E-state index in [2.05, 4.69) is 42.0 Å². The van der Waals surface area contributed by atoms with E-state index >= 15 is 0 Å². The monoisotopic (exact) mass is 339 g/mol. The van der Waals surface area contributed by atoms with Gasteiger partial charge in [0.2, 0.25) is 0 Å². The van der Waals surface area contributed by atoms with Crippen molar-refractivity contribution in [2.75, 3.05) is 5.32 Å². The molecule has 3 heteroatoms. The first-order valence-electron chi connectivity index (χ1n) is 7.46. The van der Waals surface area contributed by atoms with Crippen LogP contribution >= 0.6 is 15.9 Å². The van der Waals surface area contributed by atoms with Gasteiger partial charge in [0.25, 0.3) is 0 Å². The summed E-state index contributed by atoms with van der Waals surface area (Å²) in [5.74, 6) is 0.626. The second-order valence-corrected chi connectivity index (χ2v) is 8.43. The Morgan fingerprint density at radius 2 is 2.00 bits per heavy atom.